The van der Waals surface area contributed by atoms with E-state index < -0.39 is 6.10 Å². The Morgan fingerprint density at radius 1 is 1.30 bits per heavy atom. The molecule has 1 aromatic carbocycles. The Morgan fingerprint density at radius 2 is 2.10 bits per heavy atom. The molecular weight excluding hydrogens is 363 g/mol. The summed E-state index contributed by atoms with van der Waals surface area (Å²) in [5.74, 6) is 0. The van der Waals surface area contributed by atoms with Gasteiger partial charge in [-0.1, -0.05) is 25.0 Å². The van der Waals surface area contributed by atoms with E-state index in [9.17, 15) is 5.11 Å². The van der Waals surface area contributed by atoms with Gasteiger partial charge in [0.2, 0.25) is 0 Å². The van der Waals surface area contributed by atoms with E-state index in [0.717, 1.165) is 14.8 Å². The molecule has 1 aromatic heterocycles. The summed E-state index contributed by atoms with van der Waals surface area (Å²) in [6.07, 6.45) is 7.26. The van der Waals surface area contributed by atoms with Crippen molar-refractivity contribution >= 4 is 22.6 Å². The first-order valence-electron chi connectivity index (χ1n) is 7.20. The molecule has 0 spiro atoms. The predicted octanol–water partition coefficient (Wildman–Crippen LogP) is 3.88. The van der Waals surface area contributed by atoms with Gasteiger partial charge in [0.25, 0.3) is 0 Å². The first-order valence-corrected chi connectivity index (χ1v) is 8.28. The fourth-order valence-corrected chi connectivity index (χ4v) is 3.46. The molecular formula is C16H19IN2O. The number of aliphatic hydroxyl groups excluding tert-OH is 1. The van der Waals surface area contributed by atoms with Gasteiger partial charge in [-0.15, -0.1) is 0 Å². The van der Waals surface area contributed by atoms with Crippen LogP contribution in [0.3, 0.4) is 0 Å². The number of benzene rings is 1. The lowest BCUT2D eigenvalue weighted by molar-refractivity contribution is 0.176. The number of nitrogens with zero attached hydrogens (tertiary/aromatic N) is 2. The molecule has 0 aliphatic heterocycles. The molecule has 106 valence electrons. The molecule has 1 atom stereocenters. The summed E-state index contributed by atoms with van der Waals surface area (Å²) < 4.78 is 3.24. The topological polar surface area (TPSA) is 38.0 Å². The number of rotatable bonds is 4. The molecule has 1 unspecified atom stereocenters. The lowest BCUT2D eigenvalue weighted by atomic mass is 10.1. The standard InChI is InChI=1S/C16H19IN2O/c17-13-5-3-4-12(10-13)16(20)11-14-8-9-19(18-14)15-6-1-2-7-15/h3-5,8-10,15-16,20H,1-2,6-7,11H2. The SMILES string of the molecule is OC(Cc1ccn(C2CCCC2)n1)c1cccc(I)c1. The van der Waals surface area contributed by atoms with Crippen LogP contribution >= 0.6 is 22.6 Å². The summed E-state index contributed by atoms with van der Waals surface area (Å²) in [7, 11) is 0. The quantitative estimate of drug-likeness (QED) is 0.816. The van der Waals surface area contributed by atoms with Crippen LogP contribution in [0.1, 0.15) is 49.1 Å². The zero-order valence-electron chi connectivity index (χ0n) is 11.4. The summed E-state index contributed by atoms with van der Waals surface area (Å²) >= 11 is 2.27. The molecule has 0 radical (unpaired) electrons. The van der Waals surface area contributed by atoms with Gasteiger partial charge in [-0.2, -0.15) is 5.10 Å². The van der Waals surface area contributed by atoms with Crippen LogP contribution in [-0.4, -0.2) is 14.9 Å². The lowest BCUT2D eigenvalue weighted by Crippen LogP contribution is -2.07. The summed E-state index contributed by atoms with van der Waals surface area (Å²) in [6.45, 7) is 0. The van der Waals surface area contributed by atoms with E-state index in [1.807, 2.05) is 30.3 Å². The van der Waals surface area contributed by atoms with Gasteiger partial charge in [0, 0.05) is 16.2 Å². The molecule has 20 heavy (non-hydrogen) atoms. The van der Waals surface area contributed by atoms with Gasteiger partial charge in [-0.05, 0) is 59.2 Å². The Bertz CT molecular complexity index is 575. The molecule has 1 heterocycles. The minimum Gasteiger partial charge on any atom is -0.388 e. The molecule has 1 aliphatic carbocycles. The molecule has 1 N–H and O–H groups in total. The first kappa shape index (κ1) is 14.1. The number of hydrogen-bond acceptors (Lipinski definition) is 2. The summed E-state index contributed by atoms with van der Waals surface area (Å²) in [6, 6.07) is 10.6. The van der Waals surface area contributed by atoms with Crippen LogP contribution in [-0.2, 0) is 6.42 Å². The zero-order valence-corrected chi connectivity index (χ0v) is 13.5. The molecule has 3 nitrogen and oxygen atoms in total. The average Bonchev–Trinajstić information content (AvgIpc) is 3.08. The third kappa shape index (κ3) is 3.23. The maximum absolute atomic E-state index is 10.3. The van der Waals surface area contributed by atoms with Crippen LogP contribution in [0.25, 0.3) is 0 Å². The lowest BCUT2D eigenvalue weighted by Gasteiger charge is -2.11. The molecule has 3 rings (SSSR count). The normalized spacial score (nSPS) is 17.5. The van der Waals surface area contributed by atoms with E-state index in [-0.39, 0.29) is 0 Å². The van der Waals surface area contributed by atoms with Crippen molar-refractivity contribution in [1.29, 1.82) is 0 Å². The van der Waals surface area contributed by atoms with Crippen molar-refractivity contribution < 1.29 is 5.11 Å². The molecule has 2 aromatic rings. The molecule has 0 saturated heterocycles. The summed E-state index contributed by atoms with van der Waals surface area (Å²) in [4.78, 5) is 0. The summed E-state index contributed by atoms with van der Waals surface area (Å²) in [5, 5.41) is 15.0. The molecule has 0 bridgehead atoms. The molecule has 4 heteroatoms. The smallest absolute Gasteiger partial charge is 0.0846 e. The third-order valence-corrected chi connectivity index (χ3v) is 4.67. The second-order valence-electron chi connectivity index (χ2n) is 5.50. The van der Waals surface area contributed by atoms with Crippen molar-refractivity contribution in [3.8, 4) is 0 Å². The third-order valence-electron chi connectivity index (χ3n) is 4.00. The Hall–Kier alpha value is -0.880. The fourth-order valence-electron chi connectivity index (χ4n) is 2.89. The number of aromatic nitrogens is 2. The fraction of sp³-hybridized carbons (Fsp3) is 0.438. The van der Waals surface area contributed by atoms with Crippen LogP contribution < -0.4 is 0 Å². The largest absolute Gasteiger partial charge is 0.388 e. The maximum Gasteiger partial charge on any atom is 0.0846 e. The van der Waals surface area contributed by atoms with Gasteiger partial charge in [-0.25, -0.2) is 0 Å². The summed E-state index contributed by atoms with van der Waals surface area (Å²) in [5.41, 5.74) is 1.94. The second kappa shape index (κ2) is 6.26. The molecule has 1 saturated carbocycles. The number of halogens is 1. The Kier molecular flexibility index (Phi) is 4.41. The van der Waals surface area contributed by atoms with Crippen LogP contribution in [0.15, 0.2) is 36.5 Å². The molecule has 1 fully saturated rings. The van der Waals surface area contributed by atoms with Crippen molar-refractivity contribution in [3.05, 3.63) is 51.4 Å². The minimum atomic E-state index is -0.475. The van der Waals surface area contributed by atoms with Crippen molar-refractivity contribution in [2.45, 2.75) is 44.2 Å². The van der Waals surface area contributed by atoms with E-state index in [2.05, 4.69) is 38.6 Å². The Labute approximate surface area is 133 Å². The highest BCUT2D eigenvalue weighted by atomic mass is 127. The van der Waals surface area contributed by atoms with Gasteiger partial charge >= 0.3 is 0 Å². The van der Waals surface area contributed by atoms with Crippen LogP contribution in [0, 0.1) is 3.57 Å². The van der Waals surface area contributed by atoms with Crippen LogP contribution in [0.2, 0.25) is 0 Å². The highest BCUT2D eigenvalue weighted by Gasteiger charge is 2.18. The van der Waals surface area contributed by atoms with Crippen molar-refractivity contribution in [2.24, 2.45) is 0 Å². The van der Waals surface area contributed by atoms with Gasteiger partial charge in [-0.3, -0.25) is 4.68 Å². The zero-order chi connectivity index (χ0) is 13.9. The van der Waals surface area contributed by atoms with E-state index >= 15 is 0 Å². The van der Waals surface area contributed by atoms with E-state index in [0.29, 0.717) is 12.5 Å². The van der Waals surface area contributed by atoms with E-state index in [1.165, 1.54) is 25.7 Å². The minimum absolute atomic E-state index is 0.475. The van der Waals surface area contributed by atoms with Crippen molar-refractivity contribution in [1.82, 2.24) is 9.78 Å². The highest BCUT2D eigenvalue weighted by molar-refractivity contribution is 14.1. The molecule has 1 aliphatic rings. The van der Waals surface area contributed by atoms with Crippen molar-refractivity contribution in [3.63, 3.8) is 0 Å². The first-order chi connectivity index (χ1) is 9.72. The molecule has 0 amide bonds. The number of hydrogen-bond donors (Lipinski definition) is 1. The van der Waals surface area contributed by atoms with Gasteiger partial charge in [0.15, 0.2) is 0 Å². The highest BCUT2D eigenvalue weighted by Crippen LogP contribution is 2.29. The monoisotopic (exact) mass is 382 g/mol. The van der Waals surface area contributed by atoms with Gasteiger partial charge in [0.1, 0.15) is 0 Å². The maximum atomic E-state index is 10.3. The Balaban J connectivity index is 1.68. The second-order valence-corrected chi connectivity index (χ2v) is 6.75. The van der Waals surface area contributed by atoms with Gasteiger partial charge in [0.05, 0.1) is 17.8 Å². The Morgan fingerprint density at radius 3 is 2.85 bits per heavy atom. The van der Waals surface area contributed by atoms with Crippen LogP contribution in [0.5, 0.6) is 0 Å². The van der Waals surface area contributed by atoms with Gasteiger partial charge < -0.3 is 5.11 Å². The predicted molar refractivity (Wildman–Crippen MR) is 87.6 cm³/mol. The van der Waals surface area contributed by atoms with Crippen LogP contribution in [0.4, 0.5) is 0 Å². The van der Waals surface area contributed by atoms with E-state index in [4.69, 9.17) is 0 Å². The number of aliphatic hydroxyl groups is 1. The average molecular weight is 382 g/mol. The van der Waals surface area contributed by atoms with Crippen molar-refractivity contribution in [2.75, 3.05) is 0 Å². The van der Waals surface area contributed by atoms with E-state index in [1.54, 1.807) is 0 Å².